The molecule has 0 radical (unpaired) electrons. The van der Waals surface area contributed by atoms with Gasteiger partial charge in [-0.2, -0.15) is 0 Å². The van der Waals surface area contributed by atoms with Crippen LogP contribution < -0.4 is 10.6 Å². The van der Waals surface area contributed by atoms with E-state index in [4.69, 9.17) is 0 Å². The number of benzene rings is 1. The molecule has 1 rings (SSSR count). The van der Waals surface area contributed by atoms with E-state index in [0.717, 1.165) is 0 Å². The van der Waals surface area contributed by atoms with Gasteiger partial charge in [0.25, 0.3) is 0 Å². The number of hydrogen-bond donors (Lipinski definition) is 2. The second-order valence-electron chi connectivity index (χ2n) is 8.42. The fourth-order valence-corrected chi connectivity index (χ4v) is 2.85. The van der Waals surface area contributed by atoms with Crippen LogP contribution in [0.5, 0.6) is 0 Å². The molecule has 0 spiro atoms. The van der Waals surface area contributed by atoms with E-state index in [-0.39, 0.29) is 28.8 Å². The lowest BCUT2D eigenvalue weighted by molar-refractivity contribution is -0.125. The summed E-state index contributed by atoms with van der Waals surface area (Å²) < 4.78 is 0. The van der Waals surface area contributed by atoms with Crippen molar-refractivity contribution in [3.05, 3.63) is 34.9 Å². The highest BCUT2D eigenvalue weighted by molar-refractivity contribution is 5.84. The maximum absolute atomic E-state index is 12.8. The molecule has 1 aromatic carbocycles. The summed E-state index contributed by atoms with van der Waals surface area (Å²) in [5.74, 6) is 0.0547. The Morgan fingerprint density at radius 2 is 1.48 bits per heavy atom. The van der Waals surface area contributed by atoms with Crippen LogP contribution in [0.15, 0.2) is 18.2 Å². The molecule has 0 saturated heterocycles. The number of hydrogen-bond acceptors (Lipinski definition) is 2. The van der Waals surface area contributed by atoms with E-state index >= 15 is 0 Å². The van der Waals surface area contributed by atoms with Gasteiger partial charge in [0, 0.05) is 11.5 Å². The van der Waals surface area contributed by atoms with Gasteiger partial charge in [0.15, 0.2) is 0 Å². The highest BCUT2D eigenvalue weighted by Gasteiger charge is 2.37. The lowest BCUT2D eigenvalue weighted by Crippen LogP contribution is -2.56. The highest BCUT2D eigenvalue weighted by atomic mass is 16.2. The van der Waals surface area contributed by atoms with Crippen LogP contribution in [0.25, 0.3) is 0 Å². The third-order valence-corrected chi connectivity index (χ3v) is 4.90. The Kier molecular flexibility index (Phi) is 6.03. The zero-order valence-electron chi connectivity index (χ0n) is 16.3. The molecule has 0 bridgehead atoms. The second kappa shape index (κ2) is 7.04. The van der Waals surface area contributed by atoms with Gasteiger partial charge in [0.1, 0.15) is 0 Å². The molecule has 1 amide bonds. The normalized spacial score (nSPS) is 15.2. The summed E-state index contributed by atoms with van der Waals surface area (Å²) in [6.45, 7) is 16.9. The first-order chi connectivity index (χ1) is 10.4. The van der Waals surface area contributed by atoms with Crippen molar-refractivity contribution < 1.29 is 4.79 Å². The van der Waals surface area contributed by atoms with E-state index in [1.165, 1.54) is 16.7 Å². The molecule has 0 aliphatic carbocycles. The van der Waals surface area contributed by atoms with E-state index in [2.05, 4.69) is 84.2 Å². The number of rotatable bonds is 5. The van der Waals surface area contributed by atoms with E-state index < -0.39 is 0 Å². The minimum absolute atomic E-state index is 0.0397. The third-order valence-electron chi connectivity index (χ3n) is 4.90. The van der Waals surface area contributed by atoms with E-state index in [9.17, 15) is 4.79 Å². The van der Waals surface area contributed by atoms with Gasteiger partial charge in [0.2, 0.25) is 5.91 Å². The average Bonchev–Trinajstić information content (AvgIpc) is 2.36. The molecule has 0 aliphatic heterocycles. The molecule has 2 N–H and O–H groups in total. The molecule has 1 aromatic rings. The molecule has 130 valence electrons. The quantitative estimate of drug-likeness (QED) is 0.869. The molecular weight excluding hydrogens is 284 g/mol. The molecule has 3 heteroatoms. The summed E-state index contributed by atoms with van der Waals surface area (Å²) in [5, 5.41) is 6.40. The van der Waals surface area contributed by atoms with Gasteiger partial charge in [0.05, 0.1) is 6.04 Å². The van der Waals surface area contributed by atoms with E-state index in [0.29, 0.717) is 0 Å². The van der Waals surface area contributed by atoms with Crippen molar-refractivity contribution in [3.63, 3.8) is 0 Å². The van der Waals surface area contributed by atoms with Crippen LogP contribution in [0.2, 0.25) is 0 Å². The number of nitrogens with one attached hydrogen (secondary N) is 2. The third kappa shape index (κ3) is 4.81. The Morgan fingerprint density at radius 1 is 1.00 bits per heavy atom. The topological polar surface area (TPSA) is 41.1 Å². The summed E-state index contributed by atoms with van der Waals surface area (Å²) in [7, 11) is 1.86. The van der Waals surface area contributed by atoms with Gasteiger partial charge < -0.3 is 10.6 Å². The molecule has 2 atom stereocenters. The van der Waals surface area contributed by atoms with Gasteiger partial charge >= 0.3 is 0 Å². The first-order valence-electron chi connectivity index (χ1n) is 8.46. The molecule has 0 aromatic heterocycles. The van der Waals surface area contributed by atoms with Crippen molar-refractivity contribution in [3.8, 4) is 0 Å². The van der Waals surface area contributed by atoms with Crippen molar-refractivity contribution in [2.75, 3.05) is 7.05 Å². The van der Waals surface area contributed by atoms with Gasteiger partial charge in [-0.25, -0.2) is 0 Å². The molecule has 0 heterocycles. The minimum atomic E-state index is -0.298. The zero-order chi connectivity index (χ0) is 18.0. The number of likely N-dealkylation sites (N-methyl/N-ethyl adjacent to an activating group) is 1. The summed E-state index contributed by atoms with van der Waals surface area (Å²) in [4.78, 5) is 12.8. The Morgan fingerprint density at radius 3 is 1.87 bits per heavy atom. The van der Waals surface area contributed by atoms with Crippen LogP contribution in [-0.4, -0.2) is 25.0 Å². The van der Waals surface area contributed by atoms with Crippen LogP contribution in [0.1, 0.15) is 58.2 Å². The van der Waals surface area contributed by atoms with Crippen LogP contribution >= 0.6 is 0 Å². The SMILES string of the molecule is CNC(C(=O)NC(C)C(C)(C)C)C(C)(C)c1cc(C)cc(C)c1. The molecule has 0 fully saturated rings. The number of aryl methyl sites for hydroxylation is 2. The maximum Gasteiger partial charge on any atom is 0.238 e. The largest absolute Gasteiger partial charge is 0.352 e. The van der Waals surface area contributed by atoms with E-state index in [1.807, 2.05) is 7.05 Å². The highest BCUT2D eigenvalue weighted by Crippen LogP contribution is 2.29. The molecule has 0 aliphatic rings. The summed E-state index contributed by atoms with van der Waals surface area (Å²) in [6.07, 6.45) is 0. The van der Waals surface area contributed by atoms with Gasteiger partial charge in [-0.05, 0) is 38.8 Å². The lowest BCUT2D eigenvalue weighted by atomic mass is 9.76. The predicted molar refractivity (Wildman–Crippen MR) is 98.8 cm³/mol. The molecule has 0 saturated carbocycles. The Hall–Kier alpha value is -1.35. The fraction of sp³-hybridized carbons (Fsp3) is 0.650. The first kappa shape index (κ1) is 19.7. The fourth-order valence-electron chi connectivity index (χ4n) is 2.85. The zero-order valence-corrected chi connectivity index (χ0v) is 16.3. The number of amides is 1. The first-order valence-corrected chi connectivity index (χ1v) is 8.46. The average molecular weight is 319 g/mol. The Balaban J connectivity index is 3.09. The molecule has 23 heavy (non-hydrogen) atoms. The predicted octanol–water partition coefficient (Wildman–Crippen LogP) is 3.72. The Labute approximate surface area is 142 Å². The Bertz CT molecular complexity index is 535. The summed E-state index contributed by atoms with van der Waals surface area (Å²) in [6, 6.07) is 6.35. The van der Waals surface area contributed by atoms with Crippen molar-refractivity contribution >= 4 is 5.91 Å². The van der Waals surface area contributed by atoms with Crippen LogP contribution in [0, 0.1) is 19.3 Å². The maximum atomic E-state index is 12.8. The van der Waals surface area contributed by atoms with Crippen LogP contribution in [0.3, 0.4) is 0 Å². The summed E-state index contributed by atoms with van der Waals surface area (Å²) >= 11 is 0. The lowest BCUT2D eigenvalue weighted by Gasteiger charge is -2.36. The van der Waals surface area contributed by atoms with Gasteiger partial charge in [-0.15, -0.1) is 0 Å². The smallest absolute Gasteiger partial charge is 0.238 e. The minimum Gasteiger partial charge on any atom is -0.352 e. The van der Waals surface area contributed by atoms with Crippen LogP contribution in [0.4, 0.5) is 0 Å². The van der Waals surface area contributed by atoms with Crippen molar-refractivity contribution in [1.29, 1.82) is 0 Å². The van der Waals surface area contributed by atoms with Gasteiger partial charge in [-0.3, -0.25) is 4.79 Å². The molecular formula is C20H34N2O. The summed E-state index contributed by atoms with van der Waals surface area (Å²) in [5.41, 5.74) is 3.39. The second-order valence-corrected chi connectivity index (χ2v) is 8.42. The van der Waals surface area contributed by atoms with Crippen molar-refractivity contribution in [2.45, 2.75) is 72.9 Å². The monoisotopic (exact) mass is 318 g/mol. The molecule has 3 nitrogen and oxygen atoms in total. The van der Waals surface area contributed by atoms with Crippen molar-refractivity contribution in [2.24, 2.45) is 5.41 Å². The van der Waals surface area contributed by atoms with Crippen LogP contribution in [-0.2, 0) is 10.2 Å². The standard InChI is InChI=1S/C20H34N2O/c1-13-10-14(2)12-16(11-13)20(7,8)17(21-9)18(23)22-15(3)19(4,5)6/h10-12,15,17,21H,1-9H3,(H,22,23). The van der Waals surface area contributed by atoms with Crippen molar-refractivity contribution in [1.82, 2.24) is 10.6 Å². The molecule has 2 unspecified atom stereocenters. The van der Waals surface area contributed by atoms with Gasteiger partial charge in [-0.1, -0.05) is 63.9 Å². The number of carbonyl (C=O) groups excluding carboxylic acids is 1. The number of carbonyl (C=O) groups is 1. The van der Waals surface area contributed by atoms with E-state index in [1.54, 1.807) is 0 Å².